The Morgan fingerprint density at radius 2 is 1.33 bits per heavy atom. The SMILES string of the molecule is O.O=[N+]([O-])[O-].[Mn]. The third kappa shape index (κ3) is 257. The molecule has 0 aromatic carbocycles. The van der Waals surface area contributed by atoms with Gasteiger partial charge in [-0.25, -0.2) is 0 Å². The molecule has 39 valence electrons. The van der Waals surface area contributed by atoms with Crippen molar-refractivity contribution in [1.29, 1.82) is 0 Å². The van der Waals surface area contributed by atoms with E-state index in [0.29, 0.717) is 0 Å². The quantitative estimate of drug-likeness (QED) is 0.240. The van der Waals surface area contributed by atoms with Crippen LogP contribution in [0.25, 0.3) is 0 Å². The van der Waals surface area contributed by atoms with E-state index >= 15 is 0 Å². The summed E-state index contributed by atoms with van der Waals surface area (Å²) in [6.45, 7) is 0. The van der Waals surface area contributed by atoms with Crippen LogP contribution >= 0.6 is 0 Å². The molecule has 6 heavy (non-hydrogen) atoms. The Kier molecular flexibility index (Phi) is 25.5. The van der Waals surface area contributed by atoms with Crippen LogP contribution in [-0.4, -0.2) is 10.6 Å². The first-order valence-electron chi connectivity index (χ1n) is 0.548. The first-order valence-corrected chi connectivity index (χ1v) is 0.548. The normalized spacial score (nSPS) is 4.00. The van der Waals surface area contributed by atoms with E-state index in [2.05, 4.69) is 0 Å². The van der Waals surface area contributed by atoms with Crippen molar-refractivity contribution in [3.63, 3.8) is 0 Å². The van der Waals surface area contributed by atoms with Crippen molar-refractivity contribution in [2.45, 2.75) is 0 Å². The number of rotatable bonds is 0. The average molecular weight is 135 g/mol. The molecule has 0 aromatic rings. The van der Waals surface area contributed by atoms with Gasteiger partial charge in [0, 0.05) is 17.1 Å². The van der Waals surface area contributed by atoms with Crippen LogP contribution in [0, 0.1) is 15.3 Å². The summed E-state index contributed by atoms with van der Waals surface area (Å²) >= 11 is 0. The number of hydrogen-bond donors (Lipinski definition) is 0. The van der Waals surface area contributed by atoms with Gasteiger partial charge in [-0.15, -0.1) is 0 Å². The van der Waals surface area contributed by atoms with E-state index in [4.69, 9.17) is 15.3 Å². The van der Waals surface area contributed by atoms with Crippen molar-refractivity contribution in [3.8, 4) is 0 Å². The van der Waals surface area contributed by atoms with E-state index in [9.17, 15) is 0 Å². The summed E-state index contributed by atoms with van der Waals surface area (Å²) in [5, 5.41) is 14.8. The first-order chi connectivity index (χ1) is 1.73. The molecule has 1 radical (unpaired) electrons. The molecule has 0 bridgehead atoms. The summed E-state index contributed by atoms with van der Waals surface area (Å²) in [5.74, 6) is 0. The van der Waals surface area contributed by atoms with Crippen molar-refractivity contribution < 1.29 is 27.6 Å². The zero-order valence-electron chi connectivity index (χ0n) is 2.55. The van der Waals surface area contributed by atoms with E-state index in [1.165, 1.54) is 0 Å². The molecule has 0 saturated carbocycles. The molecule has 6 heteroatoms. The zero-order valence-corrected chi connectivity index (χ0v) is 3.73. The second-order valence-corrected chi connectivity index (χ2v) is 0.224. The summed E-state index contributed by atoms with van der Waals surface area (Å²) in [4.78, 5) is 8.25. The topological polar surface area (TPSA) is 97.7 Å². The van der Waals surface area contributed by atoms with Crippen LogP contribution in [0.1, 0.15) is 0 Å². The summed E-state index contributed by atoms with van der Waals surface area (Å²) in [5.41, 5.74) is 0. The van der Waals surface area contributed by atoms with Gasteiger partial charge in [0.15, 0.2) is 0 Å². The van der Waals surface area contributed by atoms with E-state index in [1.54, 1.807) is 0 Å². The second-order valence-electron chi connectivity index (χ2n) is 0.224. The molecule has 5 nitrogen and oxygen atoms in total. The van der Waals surface area contributed by atoms with Gasteiger partial charge in [-0.3, -0.25) is 0 Å². The van der Waals surface area contributed by atoms with E-state index < -0.39 is 5.09 Å². The van der Waals surface area contributed by atoms with Gasteiger partial charge in [0.25, 0.3) is 0 Å². The zero-order chi connectivity index (χ0) is 3.58. The molecule has 0 aliphatic carbocycles. The van der Waals surface area contributed by atoms with Gasteiger partial charge in [0.2, 0.25) is 0 Å². The second kappa shape index (κ2) is 8.82. The van der Waals surface area contributed by atoms with Crippen LogP contribution in [-0.2, 0) is 17.1 Å². The van der Waals surface area contributed by atoms with Gasteiger partial charge in [0.05, 0.1) is 5.09 Å². The van der Waals surface area contributed by atoms with Crippen molar-refractivity contribution in [2.24, 2.45) is 0 Å². The molecule has 0 rings (SSSR count). The van der Waals surface area contributed by atoms with Crippen LogP contribution < -0.4 is 0 Å². The predicted molar refractivity (Wildman–Crippen MR) is 14.0 cm³/mol. The molecule has 2 N–H and O–H groups in total. The third-order valence-electron chi connectivity index (χ3n) is 0. The van der Waals surface area contributed by atoms with E-state index in [0.717, 1.165) is 0 Å². The van der Waals surface area contributed by atoms with Crippen LogP contribution in [0.5, 0.6) is 0 Å². The smallest absolute Gasteiger partial charge is 0.0689 e. The standard InChI is InChI=1S/Mn.NO3.H2O/c;2-1(3)4;/h;;1H2/q;-1;. The van der Waals surface area contributed by atoms with E-state index in [1.807, 2.05) is 0 Å². The summed E-state index contributed by atoms with van der Waals surface area (Å²) < 4.78 is 0. The van der Waals surface area contributed by atoms with Crippen LogP contribution in [0.2, 0.25) is 0 Å². The maximum atomic E-state index is 8.25. The molecular weight excluding hydrogens is 133 g/mol. The maximum absolute atomic E-state index is 8.25. The fourth-order valence-electron chi connectivity index (χ4n) is 0. The minimum absolute atomic E-state index is 0. The van der Waals surface area contributed by atoms with Gasteiger partial charge >= 0.3 is 0 Å². The predicted octanol–water partition coefficient (Wildman–Crippen LogP) is -1.07. The summed E-state index contributed by atoms with van der Waals surface area (Å²) in [6, 6.07) is 0. The number of nitrogens with zero attached hydrogens (tertiary/aromatic N) is 1. The van der Waals surface area contributed by atoms with Gasteiger partial charge in [-0.05, 0) is 0 Å². The van der Waals surface area contributed by atoms with Gasteiger partial charge < -0.3 is 20.8 Å². The largest absolute Gasteiger partial charge is 0.412 e. The Balaban J connectivity index is -0.0000000450. The Labute approximate surface area is 43.9 Å². The Bertz CT molecular complexity index is 30.5. The van der Waals surface area contributed by atoms with Crippen LogP contribution in [0.4, 0.5) is 0 Å². The van der Waals surface area contributed by atoms with Gasteiger partial charge in [-0.1, -0.05) is 0 Å². The molecule has 0 unspecified atom stereocenters. The molecule has 0 atom stereocenters. The molecule has 0 saturated heterocycles. The van der Waals surface area contributed by atoms with Crippen molar-refractivity contribution in [1.82, 2.24) is 0 Å². The fraction of sp³-hybridized carbons (Fsp3) is 0. The third-order valence-corrected chi connectivity index (χ3v) is 0. The van der Waals surface area contributed by atoms with Gasteiger partial charge in [-0.2, -0.15) is 0 Å². The van der Waals surface area contributed by atoms with Crippen molar-refractivity contribution in [3.05, 3.63) is 15.3 Å². The molecule has 0 aliphatic rings. The molecule has 0 aliphatic heterocycles. The minimum atomic E-state index is -1.75. The fourth-order valence-corrected chi connectivity index (χ4v) is 0. The van der Waals surface area contributed by atoms with Crippen molar-refractivity contribution >= 4 is 0 Å². The molecule has 0 aromatic heterocycles. The molecular formula is H2MnNO4-. The molecule has 0 amide bonds. The molecule has 0 spiro atoms. The summed E-state index contributed by atoms with van der Waals surface area (Å²) in [7, 11) is 0. The van der Waals surface area contributed by atoms with Crippen molar-refractivity contribution in [2.75, 3.05) is 0 Å². The Morgan fingerprint density at radius 3 is 1.33 bits per heavy atom. The van der Waals surface area contributed by atoms with E-state index in [-0.39, 0.29) is 22.5 Å². The Hall–Kier alpha value is -0.321. The first kappa shape index (κ1) is 17.3. The Morgan fingerprint density at radius 1 is 1.33 bits per heavy atom. The minimum Gasteiger partial charge on any atom is -0.412 e. The van der Waals surface area contributed by atoms with Gasteiger partial charge in [0.1, 0.15) is 0 Å². The van der Waals surface area contributed by atoms with Crippen LogP contribution in [0.15, 0.2) is 0 Å². The molecule has 0 fully saturated rings. The summed E-state index contributed by atoms with van der Waals surface area (Å²) in [6.07, 6.45) is 0. The van der Waals surface area contributed by atoms with Crippen LogP contribution in [0.3, 0.4) is 0 Å². The maximum Gasteiger partial charge on any atom is 0.0689 e. The average Bonchev–Trinajstić information content (AvgIpc) is 0.811. The number of hydrogen-bond acceptors (Lipinski definition) is 3. The monoisotopic (exact) mass is 135 g/mol. The molecule has 0 heterocycles.